The molecule has 0 saturated heterocycles. The molecule has 0 radical (unpaired) electrons. The number of ketones is 1. The number of Topliss-reactive ketones (excluding diaryl/α,β-unsaturated/α-hetero) is 1. The van der Waals surface area contributed by atoms with E-state index in [1.165, 1.54) is 12.8 Å². The minimum atomic E-state index is 0.224. The summed E-state index contributed by atoms with van der Waals surface area (Å²) in [6, 6.07) is 0.776. The molecular weight excluding hydrogens is 162 g/mol. The van der Waals surface area contributed by atoms with Gasteiger partial charge in [0.15, 0.2) is 0 Å². The topological polar surface area (TPSA) is 20.3 Å². The molecule has 0 aromatic heterocycles. The first kappa shape index (κ1) is 10.7. The van der Waals surface area contributed by atoms with Crippen LogP contribution in [0, 0.1) is 0 Å². The maximum absolute atomic E-state index is 11.5. The maximum atomic E-state index is 11.5. The summed E-state index contributed by atoms with van der Waals surface area (Å²) in [4.78, 5) is 13.7. The number of hydrogen-bond donors (Lipinski definition) is 0. The Morgan fingerprint density at radius 2 is 2.31 bits per heavy atom. The predicted molar refractivity (Wildman–Crippen MR) is 54.8 cm³/mol. The zero-order chi connectivity index (χ0) is 9.84. The minimum absolute atomic E-state index is 0.224. The minimum Gasteiger partial charge on any atom is -0.298 e. The monoisotopic (exact) mass is 183 g/mol. The van der Waals surface area contributed by atoms with Gasteiger partial charge in [-0.25, -0.2) is 0 Å². The Morgan fingerprint density at radius 3 is 2.77 bits per heavy atom. The highest BCUT2D eigenvalue weighted by molar-refractivity contribution is 5.85. The van der Waals surface area contributed by atoms with E-state index in [9.17, 15) is 4.79 Å². The van der Waals surface area contributed by atoms with E-state index in [1.54, 1.807) is 0 Å². The Bertz CT molecular complexity index is 179. The Morgan fingerprint density at radius 1 is 1.62 bits per heavy atom. The van der Waals surface area contributed by atoms with Crippen LogP contribution in [0.5, 0.6) is 0 Å². The first-order valence-corrected chi connectivity index (χ1v) is 5.41. The Balaban J connectivity index is 2.45. The fourth-order valence-corrected chi connectivity index (χ4v) is 2.16. The Hall–Kier alpha value is -0.370. The number of rotatable bonds is 4. The largest absolute Gasteiger partial charge is 0.298 e. The van der Waals surface area contributed by atoms with Crippen molar-refractivity contribution in [2.24, 2.45) is 0 Å². The number of hydrogen-bond acceptors (Lipinski definition) is 2. The number of carbonyl (C=O) groups is 1. The Kier molecular flexibility index (Phi) is 3.91. The van der Waals surface area contributed by atoms with Crippen molar-refractivity contribution in [3.05, 3.63) is 0 Å². The highest BCUT2D eigenvalue weighted by Crippen LogP contribution is 2.21. The lowest BCUT2D eigenvalue weighted by Crippen LogP contribution is -2.40. The molecule has 0 amide bonds. The zero-order valence-electron chi connectivity index (χ0n) is 9.05. The van der Waals surface area contributed by atoms with Crippen molar-refractivity contribution in [2.75, 3.05) is 7.05 Å². The van der Waals surface area contributed by atoms with Crippen molar-refractivity contribution < 1.29 is 4.79 Å². The average Bonchev–Trinajstić information content (AvgIpc) is 2.50. The molecule has 0 aromatic carbocycles. The lowest BCUT2D eigenvalue weighted by Gasteiger charge is -2.29. The number of carbonyl (C=O) groups excluding carboxylic acids is 1. The second-order valence-electron chi connectivity index (χ2n) is 4.18. The fraction of sp³-hybridized carbons (Fsp3) is 0.909. The summed E-state index contributed by atoms with van der Waals surface area (Å²) in [6.07, 6.45) is 5.36. The molecule has 2 unspecified atom stereocenters. The Labute approximate surface area is 81.3 Å². The van der Waals surface area contributed by atoms with Gasteiger partial charge >= 0.3 is 0 Å². The molecule has 1 aliphatic rings. The van der Waals surface area contributed by atoms with Crippen molar-refractivity contribution in [2.45, 2.75) is 58.0 Å². The third-order valence-corrected chi connectivity index (χ3v) is 3.17. The van der Waals surface area contributed by atoms with E-state index in [1.807, 2.05) is 0 Å². The van der Waals surface area contributed by atoms with E-state index in [2.05, 4.69) is 25.8 Å². The van der Waals surface area contributed by atoms with Gasteiger partial charge in [0.05, 0.1) is 6.04 Å². The molecule has 2 nitrogen and oxygen atoms in total. The molecule has 2 heteroatoms. The van der Waals surface area contributed by atoms with Crippen LogP contribution < -0.4 is 0 Å². The molecule has 2 atom stereocenters. The van der Waals surface area contributed by atoms with Crippen LogP contribution in [0.25, 0.3) is 0 Å². The van der Waals surface area contributed by atoms with E-state index in [0.29, 0.717) is 11.8 Å². The van der Waals surface area contributed by atoms with Gasteiger partial charge in [0.2, 0.25) is 0 Å². The van der Waals surface area contributed by atoms with E-state index < -0.39 is 0 Å². The van der Waals surface area contributed by atoms with E-state index >= 15 is 0 Å². The molecule has 13 heavy (non-hydrogen) atoms. The van der Waals surface area contributed by atoms with Crippen molar-refractivity contribution in [3.63, 3.8) is 0 Å². The molecule has 0 heterocycles. The molecule has 0 aromatic rings. The van der Waals surface area contributed by atoms with Gasteiger partial charge in [0, 0.05) is 12.5 Å². The van der Waals surface area contributed by atoms with Crippen molar-refractivity contribution in [3.8, 4) is 0 Å². The molecule has 0 aliphatic heterocycles. The van der Waals surface area contributed by atoms with Gasteiger partial charge in [-0.2, -0.15) is 0 Å². The average molecular weight is 183 g/mol. The lowest BCUT2D eigenvalue weighted by atomic mass is 10.1. The molecule has 1 fully saturated rings. The standard InChI is InChI=1S/C11H21NO/c1-4-6-9(2)12(3)10-7-5-8-11(10)13/h9-10H,4-8H2,1-3H3. The van der Waals surface area contributed by atoms with Gasteiger partial charge in [-0.3, -0.25) is 9.69 Å². The smallest absolute Gasteiger partial charge is 0.149 e. The maximum Gasteiger partial charge on any atom is 0.149 e. The molecule has 0 spiro atoms. The molecule has 1 rings (SSSR count). The van der Waals surface area contributed by atoms with Crippen LogP contribution in [0.4, 0.5) is 0 Å². The highest BCUT2D eigenvalue weighted by atomic mass is 16.1. The van der Waals surface area contributed by atoms with E-state index in [-0.39, 0.29) is 6.04 Å². The molecule has 0 N–H and O–H groups in total. The molecule has 0 bridgehead atoms. The van der Waals surface area contributed by atoms with Gasteiger partial charge < -0.3 is 0 Å². The third kappa shape index (κ3) is 2.53. The fourth-order valence-electron chi connectivity index (χ4n) is 2.16. The van der Waals surface area contributed by atoms with Crippen molar-refractivity contribution in [1.82, 2.24) is 4.90 Å². The van der Waals surface area contributed by atoms with Crippen LogP contribution >= 0.6 is 0 Å². The van der Waals surface area contributed by atoms with Crippen LogP contribution in [0.15, 0.2) is 0 Å². The zero-order valence-corrected chi connectivity index (χ0v) is 9.05. The van der Waals surface area contributed by atoms with Gasteiger partial charge in [0.1, 0.15) is 5.78 Å². The summed E-state index contributed by atoms with van der Waals surface area (Å²) in [7, 11) is 2.09. The SMILES string of the molecule is CCCC(C)N(C)C1CCCC1=O. The summed E-state index contributed by atoms with van der Waals surface area (Å²) >= 11 is 0. The van der Waals surface area contributed by atoms with E-state index in [0.717, 1.165) is 19.3 Å². The quantitative estimate of drug-likeness (QED) is 0.666. The second-order valence-corrected chi connectivity index (χ2v) is 4.18. The summed E-state index contributed by atoms with van der Waals surface area (Å²) in [5, 5.41) is 0. The summed E-state index contributed by atoms with van der Waals surface area (Å²) in [5.74, 6) is 0.449. The summed E-state index contributed by atoms with van der Waals surface area (Å²) < 4.78 is 0. The number of nitrogens with zero attached hydrogens (tertiary/aromatic N) is 1. The van der Waals surface area contributed by atoms with Crippen molar-refractivity contribution in [1.29, 1.82) is 0 Å². The van der Waals surface area contributed by atoms with Crippen molar-refractivity contribution >= 4 is 5.78 Å². The summed E-state index contributed by atoms with van der Waals surface area (Å²) in [6.45, 7) is 4.41. The van der Waals surface area contributed by atoms with Crippen LogP contribution in [-0.2, 0) is 4.79 Å². The van der Waals surface area contributed by atoms with Crippen LogP contribution in [0.2, 0.25) is 0 Å². The van der Waals surface area contributed by atoms with Gasteiger partial charge in [-0.05, 0) is 33.2 Å². The molecular formula is C11H21NO. The first-order valence-electron chi connectivity index (χ1n) is 5.41. The summed E-state index contributed by atoms with van der Waals surface area (Å²) in [5.41, 5.74) is 0. The highest BCUT2D eigenvalue weighted by Gasteiger charge is 2.29. The normalized spacial score (nSPS) is 25.5. The molecule has 76 valence electrons. The van der Waals surface area contributed by atoms with Gasteiger partial charge in [-0.15, -0.1) is 0 Å². The van der Waals surface area contributed by atoms with Crippen LogP contribution in [0.1, 0.15) is 46.0 Å². The van der Waals surface area contributed by atoms with Crippen LogP contribution in [0.3, 0.4) is 0 Å². The number of likely N-dealkylation sites (N-methyl/N-ethyl adjacent to an activating group) is 1. The lowest BCUT2D eigenvalue weighted by molar-refractivity contribution is -0.122. The first-order chi connectivity index (χ1) is 6.16. The van der Waals surface area contributed by atoms with Gasteiger partial charge in [-0.1, -0.05) is 13.3 Å². The van der Waals surface area contributed by atoms with Crippen LogP contribution in [-0.4, -0.2) is 29.8 Å². The third-order valence-electron chi connectivity index (χ3n) is 3.17. The van der Waals surface area contributed by atoms with E-state index in [4.69, 9.17) is 0 Å². The second kappa shape index (κ2) is 4.75. The molecule has 1 aliphatic carbocycles. The molecule has 1 saturated carbocycles. The predicted octanol–water partition coefficient (Wildman–Crippen LogP) is 2.23. The van der Waals surface area contributed by atoms with Gasteiger partial charge in [0.25, 0.3) is 0 Å².